The van der Waals surface area contributed by atoms with E-state index in [0.717, 1.165) is 16.6 Å². The summed E-state index contributed by atoms with van der Waals surface area (Å²) in [5, 5.41) is 9.69. The van der Waals surface area contributed by atoms with Crippen LogP contribution in [0.1, 0.15) is 18.5 Å². The number of H-pyrrole nitrogens is 1. The molecule has 1 heterocycles. The number of rotatable bonds is 3. The van der Waals surface area contributed by atoms with E-state index in [0.29, 0.717) is 0 Å². The van der Waals surface area contributed by atoms with Gasteiger partial charge in [-0.3, -0.25) is 4.79 Å². The quantitative estimate of drug-likeness (QED) is 0.838. The van der Waals surface area contributed by atoms with Gasteiger partial charge in [-0.05, 0) is 24.4 Å². The maximum Gasteiger partial charge on any atom is 0.231 e. The Bertz CT molecular complexity index is 576. The molecule has 0 aliphatic carbocycles. The standard InChI is InChI=1S/C14H15N3O/c1-10(14(18)17(2)8-7-15)13-9-11-5-3-4-6-12(11)16-13/h3-6,9-10,16H,8H2,1-2H3. The topological polar surface area (TPSA) is 59.9 Å². The second-order valence-electron chi connectivity index (χ2n) is 4.39. The van der Waals surface area contributed by atoms with E-state index in [1.54, 1.807) is 7.05 Å². The lowest BCUT2D eigenvalue weighted by atomic mass is 10.1. The van der Waals surface area contributed by atoms with Gasteiger partial charge in [-0.2, -0.15) is 5.26 Å². The minimum atomic E-state index is -0.268. The van der Waals surface area contributed by atoms with Crippen molar-refractivity contribution in [1.29, 1.82) is 5.26 Å². The number of nitrogens with one attached hydrogen (secondary N) is 1. The number of aromatic nitrogens is 1. The van der Waals surface area contributed by atoms with E-state index >= 15 is 0 Å². The van der Waals surface area contributed by atoms with Crippen LogP contribution in [0.2, 0.25) is 0 Å². The second kappa shape index (κ2) is 4.92. The molecule has 4 heteroatoms. The molecule has 0 radical (unpaired) electrons. The van der Waals surface area contributed by atoms with Crippen molar-refractivity contribution < 1.29 is 4.79 Å². The summed E-state index contributed by atoms with van der Waals surface area (Å²) >= 11 is 0. The summed E-state index contributed by atoms with van der Waals surface area (Å²) in [5.74, 6) is -0.321. The molecule has 0 spiro atoms. The molecular formula is C14H15N3O. The highest BCUT2D eigenvalue weighted by molar-refractivity contribution is 5.86. The Morgan fingerprint density at radius 2 is 2.22 bits per heavy atom. The number of hydrogen-bond acceptors (Lipinski definition) is 2. The zero-order chi connectivity index (χ0) is 13.1. The van der Waals surface area contributed by atoms with E-state index in [-0.39, 0.29) is 18.4 Å². The van der Waals surface area contributed by atoms with Crippen LogP contribution in [0.25, 0.3) is 10.9 Å². The molecule has 0 bridgehead atoms. The summed E-state index contributed by atoms with van der Waals surface area (Å²) in [5.41, 5.74) is 1.90. The maximum atomic E-state index is 12.1. The maximum absolute atomic E-state index is 12.1. The highest BCUT2D eigenvalue weighted by atomic mass is 16.2. The van der Waals surface area contributed by atoms with Crippen molar-refractivity contribution >= 4 is 16.8 Å². The summed E-state index contributed by atoms with van der Waals surface area (Å²) < 4.78 is 0. The lowest BCUT2D eigenvalue weighted by Crippen LogP contribution is -2.31. The molecular weight excluding hydrogens is 226 g/mol. The van der Waals surface area contributed by atoms with Gasteiger partial charge in [0, 0.05) is 18.3 Å². The van der Waals surface area contributed by atoms with Crippen molar-refractivity contribution in [3.05, 3.63) is 36.0 Å². The number of nitriles is 1. The number of carbonyl (C=O) groups excluding carboxylic acids is 1. The lowest BCUT2D eigenvalue weighted by Gasteiger charge is -2.17. The molecule has 1 N–H and O–H groups in total. The molecule has 0 saturated heterocycles. The van der Waals surface area contributed by atoms with Crippen LogP contribution in [0.5, 0.6) is 0 Å². The Kier molecular flexibility index (Phi) is 3.33. The van der Waals surface area contributed by atoms with Crippen molar-refractivity contribution in [3.63, 3.8) is 0 Å². The molecule has 1 atom stereocenters. The first kappa shape index (κ1) is 12.2. The largest absolute Gasteiger partial charge is 0.358 e. The molecule has 1 aromatic carbocycles. The molecule has 92 valence electrons. The molecule has 0 fully saturated rings. The van der Waals surface area contributed by atoms with Gasteiger partial charge in [-0.1, -0.05) is 18.2 Å². The Balaban J connectivity index is 2.25. The third-order valence-corrected chi connectivity index (χ3v) is 3.07. The predicted molar refractivity (Wildman–Crippen MR) is 70.0 cm³/mol. The van der Waals surface area contributed by atoms with Gasteiger partial charge in [0.15, 0.2) is 0 Å². The minimum Gasteiger partial charge on any atom is -0.358 e. The minimum absolute atomic E-state index is 0.0527. The molecule has 1 amide bonds. The average molecular weight is 241 g/mol. The number of hydrogen-bond donors (Lipinski definition) is 1. The summed E-state index contributed by atoms with van der Waals surface area (Å²) in [6, 6.07) is 11.9. The van der Waals surface area contributed by atoms with Gasteiger partial charge in [0.25, 0.3) is 0 Å². The molecule has 4 nitrogen and oxygen atoms in total. The van der Waals surface area contributed by atoms with Crippen LogP contribution < -0.4 is 0 Å². The Morgan fingerprint density at radius 1 is 1.50 bits per heavy atom. The molecule has 2 rings (SSSR count). The van der Waals surface area contributed by atoms with Crippen LogP contribution >= 0.6 is 0 Å². The Hall–Kier alpha value is -2.28. The summed E-state index contributed by atoms with van der Waals surface area (Å²) in [7, 11) is 1.64. The number of para-hydroxylation sites is 1. The number of benzene rings is 1. The highest BCUT2D eigenvalue weighted by Crippen LogP contribution is 2.22. The number of aromatic amines is 1. The Morgan fingerprint density at radius 3 is 2.89 bits per heavy atom. The lowest BCUT2D eigenvalue weighted by molar-refractivity contribution is -0.130. The van der Waals surface area contributed by atoms with E-state index in [2.05, 4.69) is 4.98 Å². The molecule has 0 aliphatic rings. The van der Waals surface area contributed by atoms with Gasteiger partial charge in [0.1, 0.15) is 6.54 Å². The van der Waals surface area contributed by atoms with E-state index in [4.69, 9.17) is 5.26 Å². The van der Waals surface area contributed by atoms with Crippen LogP contribution in [-0.2, 0) is 4.79 Å². The fraction of sp³-hybridized carbons (Fsp3) is 0.286. The SMILES string of the molecule is CC(C(=O)N(C)CC#N)c1cc2ccccc2[nH]1. The first-order valence-corrected chi connectivity index (χ1v) is 5.83. The number of amides is 1. The third kappa shape index (κ3) is 2.21. The van der Waals surface area contributed by atoms with Crippen molar-refractivity contribution in [2.24, 2.45) is 0 Å². The smallest absolute Gasteiger partial charge is 0.231 e. The number of fused-ring (bicyclic) bond motifs is 1. The van der Waals surface area contributed by atoms with Gasteiger partial charge in [-0.15, -0.1) is 0 Å². The van der Waals surface area contributed by atoms with Crippen LogP contribution in [0, 0.1) is 11.3 Å². The van der Waals surface area contributed by atoms with Crippen molar-refractivity contribution in [3.8, 4) is 6.07 Å². The molecule has 18 heavy (non-hydrogen) atoms. The van der Waals surface area contributed by atoms with E-state index < -0.39 is 0 Å². The monoisotopic (exact) mass is 241 g/mol. The van der Waals surface area contributed by atoms with Crippen LogP contribution in [0.3, 0.4) is 0 Å². The first-order valence-electron chi connectivity index (χ1n) is 5.83. The fourth-order valence-electron chi connectivity index (χ4n) is 1.98. The molecule has 0 saturated carbocycles. The average Bonchev–Trinajstić information content (AvgIpc) is 2.81. The summed E-state index contributed by atoms with van der Waals surface area (Å²) in [6.45, 7) is 1.96. The summed E-state index contributed by atoms with van der Waals surface area (Å²) in [6.07, 6.45) is 0. The molecule has 2 aromatic rings. The van der Waals surface area contributed by atoms with Gasteiger partial charge >= 0.3 is 0 Å². The predicted octanol–water partition coefficient (Wildman–Crippen LogP) is 2.25. The number of nitrogens with zero attached hydrogens (tertiary/aromatic N) is 2. The van der Waals surface area contributed by atoms with Crippen molar-refractivity contribution in [2.75, 3.05) is 13.6 Å². The number of carbonyl (C=O) groups is 1. The molecule has 1 unspecified atom stereocenters. The van der Waals surface area contributed by atoms with Crippen molar-refractivity contribution in [1.82, 2.24) is 9.88 Å². The van der Waals surface area contributed by atoms with Gasteiger partial charge < -0.3 is 9.88 Å². The van der Waals surface area contributed by atoms with Gasteiger partial charge in [-0.25, -0.2) is 0 Å². The van der Waals surface area contributed by atoms with Gasteiger partial charge in [0.2, 0.25) is 5.91 Å². The van der Waals surface area contributed by atoms with Crippen LogP contribution in [-0.4, -0.2) is 29.4 Å². The normalized spacial score (nSPS) is 12.1. The molecule has 0 aliphatic heterocycles. The Labute approximate surface area is 106 Å². The number of likely N-dealkylation sites (N-methyl/N-ethyl adjacent to an activating group) is 1. The zero-order valence-corrected chi connectivity index (χ0v) is 10.5. The zero-order valence-electron chi connectivity index (χ0n) is 10.5. The van der Waals surface area contributed by atoms with E-state index in [1.165, 1.54) is 4.90 Å². The third-order valence-electron chi connectivity index (χ3n) is 3.07. The van der Waals surface area contributed by atoms with Crippen molar-refractivity contribution in [2.45, 2.75) is 12.8 Å². The van der Waals surface area contributed by atoms with Crippen LogP contribution in [0.15, 0.2) is 30.3 Å². The first-order chi connectivity index (χ1) is 8.63. The highest BCUT2D eigenvalue weighted by Gasteiger charge is 2.20. The van der Waals surface area contributed by atoms with Crippen LogP contribution in [0.4, 0.5) is 0 Å². The van der Waals surface area contributed by atoms with E-state index in [9.17, 15) is 4.79 Å². The molecule has 1 aromatic heterocycles. The fourth-order valence-corrected chi connectivity index (χ4v) is 1.98. The second-order valence-corrected chi connectivity index (χ2v) is 4.39. The van der Waals surface area contributed by atoms with E-state index in [1.807, 2.05) is 43.3 Å². The van der Waals surface area contributed by atoms with Gasteiger partial charge in [0.05, 0.1) is 12.0 Å². The summed E-state index contributed by atoms with van der Waals surface area (Å²) in [4.78, 5) is 16.7.